The van der Waals surface area contributed by atoms with Crippen LogP contribution in [0.5, 0.6) is 0 Å². The number of hydrogen-bond acceptors (Lipinski definition) is 10. The average Bonchev–Trinajstić information content (AvgIpc) is 4.23. The van der Waals surface area contributed by atoms with E-state index in [4.69, 9.17) is 9.47 Å². The topological polar surface area (TPSA) is 52.6 Å². The van der Waals surface area contributed by atoms with Gasteiger partial charge in [0.05, 0.1) is 21.2 Å². The van der Waals surface area contributed by atoms with Crippen LogP contribution in [0.25, 0.3) is 70.0 Å². The quantitative estimate of drug-likeness (QED) is 0.0380. The van der Waals surface area contributed by atoms with Gasteiger partial charge in [-0.3, -0.25) is 9.59 Å². The van der Waals surface area contributed by atoms with Gasteiger partial charge in [0.25, 0.3) is 0 Å². The minimum atomic E-state index is -0.198. The number of carbonyl (C=O) groups is 2. The molecular formula is C59H70O4S6. The molecular weight excluding hydrogens is 965 g/mol. The fourth-order valence-electron chi connectivity index (χ4n) is 9.41. The van der Waals surface area contributed by atoms with Gasteiger partial charge < -0.3 is 9.47 Å². The Morgan fingerprint density at radius 3 is 1.22 bits per heavy atom. The number of carbonyl (C=O) groups excluding carboxylic acids is 2. The molecule has 366 valence electrons. The lowest BCUT2D eigenvalue weighted by atomic mass is 9.95. The summed E-state index contributed by atoms with van der Waals surface area (Å²) in [5.74, 6) is -0.0116. The maximum Gasteiger partial charge on any atom is 0.309 e. The minimum absolute atomic E-state index is 0.00522. The third-order valence-corrected chi connectivity index (χ3v) is 21.1. The lowest BCUT2D eigenvalue weighted by Crippen LogP contribution is -2.20. The summed E-state index contributed by atoms with van der Waals surface area (Å²) in [5, 5.41) is 2.66. The lowest BCUT2D eigenvalue weighted by Gasteiger charge is -2.20. The molecule has 4 atom stereocenters. The first kappa shape index (κ1) is 51.7. The van der Waals surface area contributed by atoms with Crippen molar-refractivity contribution in [2.24, 2.45) is 11.8 Å². The first-order chi connectivity index (χ1) is 33.7. The van der Waals surface area contributed by atoms with Crippen LogP contribution < -0.4 is 0 Å². The Labute approximate surface area is 435 Å². The second-order valence-corrected chi connectivity index (χ2v) is 25.2. The van der Waals surface area contributed by atoms with E-state index in [-0.39, 0.29) is 36.0 Å². The number of hydrogen-bond donors (Lipinski definition) is 0. The molecule has 0 N–H and O–H groups in total. The number of fused-ring (bicyclic) bond motifs is 5. The highest BCUT2D eigenvalue weighted by atomic mass is 32.1. The Morgan fingerprint density at radius 1 is 0.406 bits per heavy atom. The highest BCUT2D eigenvalue weighted by molar-refractivity contribution is 7.36. The van der Waals surface area contributed by atoms with Crippen LogP contribution in [0.2, 0.25) is 0 Å². The third kappa shape index (κ3) is 12.5. The van der Waals surface area contributed by atoms with Crippen LogP contribution in [0.3, 0.4) is 0 Å². The maximum atomic E-state index is 13.5. The molecule has 10 heteroatoms. The van der Waals surface area contributed by atoms with Crippen molar-refractivity contribution >= 4 is 110 Å². The molecule has 0 bridgehead atoms. The van der Waals surface area contributed by atoms with Crippen molar-refractivity contribution in [1.29, 1.82) is 0 Å². The Balaban J connectivity index is 0.928. The maximum absolute atomic E-state index is 13.5. The van der Waals surface area contributed by atoms with Gasteiger partial charge >= 0.3 is 11.9 Å². The third-order valence-electron chi connectivity index (χ3n) is 13.5. The van der Waals surface area contributed by atoms with Crippen molar-refractivity contribution in [3.05, 3.63) is 94.7 Å². The van der Waals surface area contributed by atoms with Gasteiger partial charge in [-0.05, 0) is 110 Å². The summed E-state index contributed by atoms with van der Waals surface area (Å²) in [5.41, 5.74) is 2.50. The molecule has 8 aromatic rings. The van der Waals surface area contributed by atoms with Gasteiger partial charge in [0, 0.05) is 59.2 Å². The van der Waals surface area contributed by atoms with E-state index < -0.39 is 0 Å². The number of ether oxygens (including phenoxy) is 2. The molecule has 4 nitrogen and oxygen atoms in total. The summed E-state index contributed by atoms with van der Waals surface area (Å²) in [7, 11) is 0. The highest BCUT2D eigenvalue weighted by Gasteiger charge is 2.26. The van der Waals surface area contributed by atoms with Crippen molar-refractivity contribution in [3.8, 4) is 40.4 Å². The molecule has 6 aromatic heterocycles. The van der Waals surface area contributed by atoms with Gasteiger partial charge in [-0.2, -0.15) is 0 Å². The molecule has 0 saturated carbocycles. The number of benzene rings is 2. The zero-order valence-electron chi connectivity index (χ0n) is 41.5. The summed E-state index contributed by atoms with van der Waals surface area (Å²) >= 11 is 11.0. The van der Waals surface area contributed by atoms with E-state index in [0.29, 0.717) is 0 Å². The predicted molar refractivity (Wildman–Crippen MR) is 305 cm³/mol. The van der Waals surface area contributed by atoms with Gasteiger partial charge in [0.1, 0.15) is 12.2 Å². The Kier molecular flexibility index (Phi) is 18.8. The van der Waals surface area contributed by atoms with Crippen LogP contribution in [-0.2, 0) is 19.1 Å². The zero-order chi connectivity index (χ0) is 48.3. The monoisotopic (exact) mass is 1030 g/mol. The van der Waals surface area contributed by atoms with Gasteiger partial charge in [0.15, 0.2) is 0 Å². The number of thiophene rings is 6. The van der Waals surface area contributed by atoms with Crippen molar-refractivity contribution in [3.63, 3.8) is 0 Å². The van der Waals surface area contributed by atoms with Crippen molar-refractivity contribution in [2.75, 3.05) is 0 Å². The summed E-state index contributed by atoms with van der Waals surface area (Å²) in [6.45, 7) is 13.1. The lowest BCUT2D eigenvalue weighted by molar-refractivity contribution is -0.156. The number of unbranched alkanes of at least 4 members (excludes halogenated alkanes) is 7. The first-order valence-corrected chi connectivity index (χ1v) is 30.9. The molecule has 0 radical (unpaired) electrons. The summed E-state index contributed by atoms with van der Waals surface area (Å²) in [6, 6.07) is 31.7. The van der Waals surface area contributed by atoms with E-state index in [9.17, 15) is 9.59 Å². The molecule has 6 heterocycles. The fourth-order valence-corrected chi connectivity index (χ4v) is 16.6. The second-order valence-electron chi connectivity index (χ2n) is 18.7. The summed E-state index contributed by atoms with van der Waals surface area (Å²) in [6.07, 6.45) is 17.4. The van der Waals surface area contributed by atoms with Crippen LogP contribution >= 0.6 is 68.0 Å². The Bertz CT molecular complexity index is 2900. The largest absolute Gasteiger partial charge is 0.456 e. The van der Waals surface area contributed by atoms with E-state index in [1.165, 1.54) is 95.6 Å². The zero-order valence-corrected chi connectivity index (χ0v) is 46.4. The number of esters is 2. The van der Waals surface area contributed by atoms with E-state index in [1.807, 2.05) is 45.3 Å². The van der Waals surface area contributed by atoms with Crippen molar-refractivity contribution < 1.29 is 19.1 Å². The molecule has 4 unspecified atom stereocenters. The normalized spacial score (nSPS) is 13.7. The smallest absolute Gasteiger partial charge is 0.309 e. The van der Waals surface area contributed by atoms with Crippen LogP contribution in [0.15, 0.2) is 84.9 Å². The van der Waals surface area contributed by atoms with Gasteiger partial charge in [-0.25, -0.2) is 0 Å². The Hall–Kier alpha value is -3.64. The SMILES string of the molecule is CCCCCCC(CCCC)C(=O)OC(CC)c1ccc(-c2ccc(-c3ccc4c(c3)sc3c5ccc(-c6ccc(-c7ccc(C(CC)OC(=O)C(CCCC)CCCCC)s7)s6)cc5sc43)s2)s1. The average molecular weight is 1040 g/mol. The summed E-state index contributed by atoms with van der Waals surface area (Å²) < 4.78 is 17.9. The molecule has 0 aliphatic rings. The molecule has 0 amide bonds. The van der Waals surface area contributed by atoms with E-state index in [0.717, 1.165) is 93.2 Å². The molecule has 0 fully saturated rings. The minimum Gasteiger partial charge on any atom is -0.456 e. The van der Waals surface area contributed by atoms with Gasteiger partial charge in [0.2, 0.25) is 0 Å². The molecule has 0 saturated heterocycles. The molecule has 0 aliphatic carbocycles. The van der Waals surface area contributed by atoms with Gasteiger partial charge in [-0.15, -0.1) is 68.0 Å². The fraction of sp³-hybridized carbons (Fsp3) is 0.458. The number of rotatable bonds is 27. The van der Waals surface area contributed by atoms with Crippen molar-refractivity contribution in [1.82, 2.24) is 0 Å². The highest BCUT2D eigenvalue weighted by Crippen LogP contribution is 2.48. The van der Waals surface area contributed by atoms with Crippen molar-refractivity contribution in [2.45, 2.75) is 163 Å². The molecule has 69 heavy (non-hydrogen) atoms. The second kappa shape index (κ2) is 25.1. The molecule has 0 aliphatic heterocycles. The molecule has 8 rings (SSSR count). The first-order valence-electron chi connectivity index (χ1n) is 26.0. The standard InChI is InChI=1S/C59H70O4S6/c1-7-13-17-19-23-39(21-16-10-4)59(61)63-45(12-6)49-31-35-53(67-49)51-33-29-47(65-51)41-25-27-43-55(37-41)69-56-42-26-24-40(36-54(42)68-57(43)56)46-28-32-50(64-46)52-34-30-48(66-52)44(11-5)62-58(60)38(20-15-9-3)22-18-14-8-2/h24-39,44-45H,7-23H2,1-6H3. The van der Waals surface area contributed by atoms with E-state index >= 15 is 0 Å². The Morgan fingerprint density at radius 2 is 0.783 bits per heavy atom. The van der Waals surface area contributed by atoms with Crippen LogP contribution in [0.4, 0.5) is 0 Å². The van der Waals surface area contributed by atoms with Crippen LogP contribution in [0.1, 0.15) is 173 Å². The van der Waals surface area contributed by atoms with E-state index in [1.54, 1.807) is 22.7 Å². The van der Waals surface area contributed by atoms with Gasteiger partial charge in [-0.1, -0.05) is 136 Å². The van der Waals surface area contributed by atoms with Crippen LogP contribution in [-0.4, -0.2) is 11.9 Å². The summed E-state index contributed by atoms with van der Waals surface area (Å²) in [4.78, 5) is 36.6. The molecule has 0 spiro atoms. The predicted octanol–water partition coefficient (Wildman–Crippen LogP) is 21.3. The molecule has 2 aromatic carbocycles. The van der Waals surface area contributed by atoms with Crippen LogP contribution in [0, 0.1) is 11.8 Å². The van der Waals surface area contributed by atoms with E-state index in [2.05, 4.69) is 126 Å².